The molecule has 1 aromatic heterocycles. The molecule has 2 aliphatic rings. The summed E-state index contributed by atoms with van der Waals surface area (Å²) in [5.74, 6) is 0.975. The SMILES string of the molecule is C1CCc2sc(CC3CCC3)nc2C1. The maximum atomic E-state index is 4.79. The van der Waals surface area contributed by atoms with Crippen LogP contribution in [0.25, 0.3) is 0 Å². The van der Waals surface area contributed by atoms with Crippen LogP contribution in [0.2, 0.25) is 0 Å². The number of nitrogens with zero attached hydrogens (tertiary/aromatic N) is 1. The van der Waals surface area contributed by atoms with E-state index in [0.29, 0.717) is 0 Å². The van der Waals surface area contributed by atoms with Crippen LogP contribution in [0.5, 0.6) is 0 Å². The smallest absolute Gasteiger partial charge is 0.0933 e. The van der Waals surface area contributed by atoms with Crippen LogP contribution >= 0.6 is 11.3 Å². The Morgan fingerprint density at radius 1 is 1.14 bits per heavy atom. The molecule has 0 aromatic carbocycles. The number of aromatic nitrogens is 1. The Morgan fingerprint density at radius 3 is 2.71 bits per heavy atom. The molecule has 0 bridgehead atoms. The highest BCUT2D eigenvalue weighted by Gasteiger charge is 2.21. The topological polar surface area (TPSA) is 12.9 Å². The molecule has 2 aliphatic carbocycles. The van der Waals surface area contributed by atoms with Gasteiger partial charge in [0.05, 0.1) is 10.7 Å². The molecule has 0 aliphatic heterocycles. The molecule has 1 heterocycles. The summed E-state index contributed by atoms with van der Waals surface area (Å²) in [6.07, 6.45) is 10.9. The van der Waals surface area contributed by atoms with Crippen LogP contribution in [0.1, 0.15) is 47.7 Å². The van der Waals surface area contributed by atoms with Gasteiger partial charge in [-0.15, -0.1) is 11.3 Å². The quantitative estimate of drug-likeness (QED) is 0.724. The monoisotopic (exact) mass is 207 g/mol. The molecule has 1 nitrogen and oxygen atoms in total. The zero-order valence-electron chi connectivity index (χ0n) is 8.59. The van der Waals surface area contributed by atoms with E-state index < -0.39 is 0 Å². The summed E-state index contributed by atoms with van der Waals surface area (Å²) >= 11 is 2.00. The molecule has 1 fully saturated rings. The van der Waals surface area contributed by atoms with Crippen molar-refractivity contribution in [1.29, 1.82) is 0 Å². The Hall–Kier alpha value is -0.370. The van der Waals surface area contributed by atoms with E-state index in [1.807, 2.05) is 11.3 Å². The van der Waals surface area contributed by atoms with Gasteiger partial charge >= 0.3 is 0 Å². The van der Waals surface area contributed by atoms with E-state index in [4.69, 9.17) is 4.98 Å². The van der Waals surface area contributed by atoms with Gasteiger partial charge in [-0.3, -0.25) is 0 Å². The van der Waals surface area contributed by atoms with Crippen LogP contribution in [0.15, 0.2) is 0 Å². The van der Waals surface area contributed by atoms with E-state index in [-0.39, 0.29) is 0 Å². The minimum absolute atomic E-state index is 0.975. The van der Waals surface area contributed by atoms with Gasteiger partial charge in [-0.2, -0.15) is 0 Å². The molecule has 14 heavy (non-hydrogen) atoms. The van der Waals surface area contributed by atoms with Crippen LogP contribution in [0.4, 0.5) is 0 Å². The highest BCUT2D eigenvalue weighted by Crippen LogP contribution is 2.33. The van der Waals surface area contributed by atoms with Crippen molar-refractivity contribution < 1.29 is 0 Å². The highest BCUT2D eigenvalue weighted by atomic mass is 32.1. The van der Waals surface area contributed by atoms with Gasteiger partial charge in [-0.05, 0) is 31.6 Å². The first kappa shape index (κ1) is 8.90. The van der Waals surface area contributed by atoms with Gasteiger partial charge in [0.2, 0.25) is 0 Å². The summed E-state index contributed by atoms with van der Waals surface area (Å²) in [5, 5.41) is 1.43. The van der Waals surface area contributed by atoms with Crippen molar-refractivity contribution in [2.24, 2.45) is 5.92 Å². The van der Waals surface area contributed by atoms with Crippen molar-refractivity contribution in [2.75, 3.05) is 0 Å². The Bertz CT molecular complexity index is 302. The number of aryl methyl sites for hydroxylation is 2. The third kappa shape index (κ3) is 1.60. The van der Waals surface area contributed by atoms with E-state index in [1.165, 1.54) is 62.1 Å². The molecule has 0 atom stereocenters. The minimum atomic E-state index is 0.975. The first-order valence-corrected chi connectivity index (χ1v) is 6.71. The number of fused-ring (bicyclic) bond motifs is 1. The second-order valence-corrected chi connectivity index (χ2v) is 5.85. The van der Waals surface area contributed by atoms with E-state index in [0.717, 1.165) is 5.92 Å². The van der Waals surface area contributed by atoms with E-state index in [1.54, 1.807) is 4.88 Å². The first-order chi connectivity index (χ1) is 6.92. The lowest BCUT2D eigenvalue weighted by atomic mass is 9.83. The van der Waals surface area contributed by atoms with E-state index in [9.17, 15) is 0 Å². The zero-order valence-corrected chi connectivity index (χ0v) is 9.41. The Balaban J connectivity index is 1.74. The maximum Gasteiger partial charge on any atom is 0.0933 e. The van der Waals surface area contributed by atoms with Gasteiger partial charge in [0.15, 0.2) is 0 Å². The lowest BCUT2D eigenvalue weighted by Gasteiger charge is -2.23. The second-order valence-electron chi connectivity index (χ2n) is 4.69. The van der Waals surface area contributed by atoms with Crippen LogP contribution in [0, 0.1) is 5.92 Å². The van der Waals surface area contributed by atoms with Crippen molar-refractivity contribution in [3.63, 3.8) is 0 Å². The summed E-state index contributed by atoms with van der Waals surface area (Å²) in [4.78, 5) is 6.39. The number of hydrogen-bond acceptors (Lipinski definition) is 2. The Labute approximate surface area is 89.6 Å². The van der Waals surface area contributed by atoms with Crippen molar-refractivity contribution in [3.05, 3.63) is 15.6 Å². The lowest BCUT2D eigenvalue weighted by molar-refractivity contribution is 0.314. The molecule has 1 aromatic rings. The van der Waals surface area contributed by atoms with Gasteiger partial charge in [0.1, 0.15) is 0 Å². The highest BCUT2D eigenvalue weighted by molar-refractivity contribution is 7.11. The predicted octanol–water partition coefficient (Wildman–Crippen LogP) is 3.36. The van der Waals surface area contributed by atoms with Gasteiger partial charge in [0.25, 0.3) is 0 Å². The first-order valence-electron chi connectivity index (χ1n) is 5.89. The summed E-state index contributed by atoms with van der Waals surface area (Å²) in [6.45, 7) is 0. The predicted molar refractivity (Wildman–Crippen MR) is 59.8 cm³/mol. The molecule has 0 saturated heterocycles. The molecule has 0 spiro atoms. The van der Waals surface area contributed by atoms with Gasteiger partial charge in [-0.25, -0.2) is 4.98 Å². The average Bonchev–Trinajstić information content (AvgIpc) is 2.53. The average molecular weight is 207 g/mol. The summed E-state index contributed by atoms with van der Waals surface area (Å²) in [6, 6.07) is 0. The maximum absolute atomic E-state index is 4.79. The summed E-state index contributed by atoms with van der Waals surface area (Å²) in [5.41, 5.74) is 1.44. The van der Waals surface area contributed by atoms with Gasteiger partial charge < -0.3 is 0 Å². The minimum Gasteiger partial charge on any atom is -0.246 e. The summed E-state index contributed by atoms with van der Waals surface area (Å²) in [7, 11) is 0. The third-order valence-electron chi connectivity index (χ3n) is 3.58. The Morgan fingerprint density at radius 2 is 2.00 bits per heavy atom. The van der Waals surface area contributed by atoms with Gasteiger partial charge in [-0.1, -0.05) is 19.3 Å². The number of hydrogen-bond donors (Lipinski definition) is 0. The van der Waals surface area contributed by atoms with Crippen molar-refractivity contribution in [3.8, 4) is 0 Å². The molecular formula is C12H17NS. The fourth-order valence-corrected chi connectivity index (χ4v) is 3.71. The fraction of sp³-hybridized carbons (Fsp3) is 0.750. The molecule has 0 amide bonds. The molecule has 0 N–H and O–H groups in total. The zero-order chi connectivity index (χ0) is 9.38. The van der Waals surface area contributed by atoms with Crippen LogP contribution in [0.3, 0.4) is 0 Å². The van der Waals surface area contributed by atoms with Crippen LogP contribution < -0.4 is 0 Å². The molecule has 76 valence electrons. The van der Waals surface area contributed by atoms with Crippen molar-refractivity contribution in [2.45, 2.75) is 51.4 Å². The summed E-state index contributed by atoms with van der Waals surface area (Å²) < 4.78 is 0. The van der Waals surface area contributed by atoms with Gasteiger partial charge in [0, 0.05) is 11.3 Å². The number of rotatable bonds is 2. The molecular weight excluding hydrogens is 190 g/mol. The second kappa shape index (κ2) is 3.65. The number of thiazole rings is 1. The van der Waals surface area contributed by atoms with Crippen molar-refractivity contribution >= 4 is 11.3 Å². The normalized spacial score (nSPS) is 21.7. The standard InChI is InChI=1S/C12H17NS/c1-2-7-11-10(6-1)13-12(14-11)8-9-4-3-5-9/h9H,1-8H2. The lowest BCUT2D eigenvalue weighted by Crippen LogP contribution is -2.13. The molecule has 1 saturated carbocycles. The Kier molecular flexibility index (Phi) is 2.32. The van der Waals surface area contributed by atoms with Crippen LogP contribution in [-0.4, -0.2) is 4.98 Å². The van der Waals surface area contributed by atoms with E-state index >= 15 is 0 Å². The molecule has 0 radical (unpaired) electrons. The molecule has 3 rings (SSSR count). The van der Waals surface area contributed by atoms with Crippen molar-refractivity contribution in [1.82, 2.24) is 4.98 Å². The molecule has 2 heteroatoms. The largest absolute Gasteiger partial charge is 0.246 e. The molecule has 0 unspecified atom stereocenters. The third-order valence-corrected chi connectivity index (χ3v) is 4.76. The fourth-order valence-electron chi connectivity index (χ4n) is 2.44. The van der Waals surface area contributed by atoms with Crippen LogP contribution in [-0.2, 0) is 19.3 Å². The van der Waals surface area contributed by atoms with E-state index in [2.05, 4.69) is 0 Å².